The summed E-state index contributed by atoms with van der Waals surface area (Å²) in [6.45, 7) is 3.88. The number of hydrogen-bond donors (Lipinski definition) is 2. The van der Waals surface area contributed by atoms with Crippen LogP contribution in [0.2, 0.25) is 0 Å². The number of rotatable bonds is 3. The van der Waals surface area contributed by atoms with Crippen molar-refractivity contribution in [3.63, 3.8) is 0 Å². The van der Waals surface area contributed by atoms with E-state index in [9.17, 15) is 5.11 Å². The maximum absolute atomic E-state index is 9.82. The van der Waals surface area contributed by atoms with Crippen molar-refractivity contribution in [2.45, 2.75) is 13.8 Å². The highest BCUT2D eigenvalue weighted by molar-refractivity contribution is 9.10. The summed E-state index contributed by atoms with van der Waals surface area (Å²) in [7, 11) is 0. The lowest BCUT2D eigenvalue weighted by Crippen LogP contribution is -2.00. The van der Waals surface area contributed by atoms with Crippen LogP contribution in [0.1, 0.15) is 18.1 Å². The number of anilines is 1. The number of nitrogens with zero attached hydrogens (tertiary/aromatic N) is 1. The van der Waals surface area contributed by atoms with Gasteiger partial charge < -0.3 is 5.11 Å². The first-order chi connectivity index (χ1) is 9.06. The van der Waals surface area contributed by atoms with E-state index in [1.54, 1.807) is 12.1 Å². The van der Waals surface area contributed by atoms with Crippen molar-refractivity contribution in [2.75, 3.05) is 5.43 Å². The number of benzene rings is 2. The maximum atomic E-state index is 9.82. The number of aryl methyl sites for hydroxylation is 1. The van der Waals surface area contributed by atoms with Crippen molar-refractivity contribution < 1.29 is 5.11 Å². The van der Waals surface area contributed by atoms with Gasteiger partial charge in [-0.2, -0.15) is 5.10 Å². The summed E-state index contributed by atoms with van der Waals surface area (Å²) in [6, 6.07) is 13.2. The molecular formula is C15H15BrN2O. The second kappa shape index (κ2) is 5.89. The molecule has 2 aromatic carbocycles. The van der Waals surface area contributed by atoms with E-state index < -0.39 is 0 Å². The SMILES string of the molecule is C/C(=N\Nc1cccc(C)c1)c1cc(Br)ccc1O. The summed E-state index contributed by atoms with van der Waals surface area (Å²) < 4.78 is 0.908. The summed E-state index contributed by atoms with van der Waals surface area (Å²) in [6.07, 6.45) is 0. The average Bonchev–Trinajstić information content (AvgIpc) is 2.39. The third kappa shape index (κ3) is 3.58. The van der Waals surface area contributed by atoms with Crippen LogP contribution in [0.5, 0.6) is 5.75 Å². The molecule has 3 nitrogen and oxygen atoms in total. The number of aromatic hydroxyl groups is 1. The Morgan fingerprint density at radius 1 is 1.21 bits per heavy atom. The minimum absolute atomic E-state index is 0.218. The fourth-order valence-electron chi connectivity index (χ4n) is 1.72. The zero-order valence-corrected chi connectivity index (χ0v) is 12.4. The Kier molecular flexibility index (Phi) is 4.22. The molecule has 0 saturated carbocycles. The Hall–Kier alpha value is -1.81. The molecule has 98 valence electrons. The number of phenols is 1. The van der Waals surface area contributed by atoms with Gasteiger partial charge in [0.15, 0.2) is 0 Å². The van der Waals surface area contributed by atoms with Gasteiger partial charge in [0.05, 0.1) is 11.4 Å². The Balaban J connectivity index is 2.21. The summed E-state index contributed by atoms with van der Waals surface area (Å²) in [4.78, 5) is 0. The normalized spacial score (nSPS) is 11.4. The molecule has 0 bridgehead atoms. The van der Waals surface area contributed by atoms with E-state index in [2.05, 4.69) is 26.5 Å². The summed E-state index contributed by atoms with van der Waals surface area (Å²) in [5, 5.41) is 14.1. The van der Waals surface area contributed by atoms with Crippen molar-refractivity contribution in [1.29, 1.82) is 0 Å². The Labute approximate surface area is 121 Å². The van der Waals surface area contributed by atoms with Gasteiger partial charge in [0.25, 0.3) is 0 Å². The van der Waals surface area contributed by atoms with E-state index in [-0.39, 0.29) is 5.75 Å². The zero-order chi connectivity index (χ0) is 13.8. The van der Waals surface area contributed by atoms with Gasteiger partial charge in [0.2, 0.25) is 0 Å². The monoisotopic (exact) mass is 318 g/mol. The first kappa shape index (κ1) is 13.6. The fourth-order valence-corrected chi connectivity index (χ4v) is 2.08. The Morgan fingerprint density at radius 3 is 2.74 bits per heavy atom. The molecule has 2 N–H and O–H groups in total. The number of phenolic OH excluding ortho intramolecular Hbond substituents is 1. The molecule has 4 heteroatoms. The molecule has 19 heavy (non-hydrogen) atoms. The quantitative estimate of drug-likeness (QED) is 0.654. The zero-order valence-electron chi connectivity index (χ0n) is 10.8. The Bertz CT molecular complexity index is 623. The highest BCUT2D eigenvalue weighted by Crippen LogP contribution is 2.22. The second-order valence-electron chi connectivity index (χ2n) is 4.34. The lowest BCUT2D eigenvalue weighted by Gasteiger charge is -2.06. The van der Waals surface area contributed by atoms with Crippen molar-refractivity contribution in [3.05, 3.63) is 58.1 Å². The minimum atomic E-state index is 0.218. The predicted octanol–water partition coefficient (Wildman–Crippen LogP) is 4.30. The van der Waals surface area contributed by atoms with Gasteiger partial charge in [-0.3, -0.25) is 5.43 Å². The van der Waals surface area contributed by atoms with Gasteiger partial charge in [-0.25, -0.2) is 0 Å². The van der Waals surface area contributed by atoms with Crippen molar-refractivity contribution >= 4 is 27.3 Å². The fraction of sp³-hybridized carbons (Fsp3) is 0.133. The molecule has 0 unspecified atom stereocenters. The van der Waals surface area contributed by atoms with Gasteiger partial charge in [-0.05, 0) is 49.7 Å². The molecule has 0 radical (unpaired) electrons. The predicted molar refractivity (Wildman–Crippen MR) is 82.8 cm³/mol. The summed E-state index contributed by atoms with van der Waals surface area (Å²) >= 11 is 3.38. The van der Waals surface area contributed by atoms with Crippen LogP contribution in [0, 0.1) is 6.92 Å². The molecule has 0 aliphatic heterocycles. The number of nitrogens with one attached hydrogen (secondary N) is 1. The lowest BCUT2D eigenvalue weighted by molar-refractivity contribution is 0.474. The van der Waals surface area contributed by atoms with Gasteiger partial charge in [0.1, 0.15) is 5.75 Å². The molecule has 2 rings (SSSR count). The third-order valence-corrected chi connectivity index (χ3v) is 3.21. The van der Waals surface area contributed by atoms with E-state index in [1.165, 1.54) is 5.56 Å². The summed E-state index contributed by atoms with van der Waals surface area (Å²) in [5.74, 6) is 0.218. The van der Waals surface area contributed by atoms with Crippen LogP contribution in [0.15, 0.2) is 52.0 Å². The van der Waals surface area contributed by atoms with Gasteiger partial charge in [-0.15, -0.1) is 0 Å². The minimum Gasteiger partial charge on any atom is -0.507 e. The van der Waals surface area contributed by atoms with Crippen LogP contribution in [-0.2, 0) is 0 Å². The topological polar surface area (TPSA) is 44.6 Å². The number of hydrazone groups is 1. The van der Waals surface area contributed by atoms with Crippen LogP contribution in [-0.4, -0.2) is 10.8 Å². The molecule has 0 aliphatic rings. The molecule has 2 aromatic rings. The largest absolute Gasteiger partial charge is 0.507 e. The van der Waals surface area contributed by atoms with Crippen LogP contribution < -0.4 is 5.43 Å². The molecule has 0 atom stereocenters. The number of hydrogen-bond acceptors (Lipinski definition) is 3. The molecule has 0 heterocycles. The molecule has 0 amide bonds. The molecule has 0 fully saturated rings. The highest BCUT2D eigenvalue weighted by atomic mass is 79.9. The van der Waals surface area contributed by atoms with Gasteiger partial charge in [-0.1, -0.05) is 28.1 Å². The molecular weight excluding hydrogens is 304 g/mol. The van der Waals surface area contributed by atoms with E-state index in [0.29, 0.717) is 5.56 Å². The highest BCUT2D eigenvalue weighted by Gasteiger charge is 2.05. The van der Waals surface area contributed by atoms with Crippen molar-refractivity contribution in [1.82, 2.24) is 0 Å². The first-order valence-electron chi connectivity index (χ1n) is 5.92. The van der Waals surface area contributed by atoms with Crippen LogP contribution >= 0.6 is 15.9 Å². The molecule has 0 saturated heterocycles. The van der Waals surface area contributed by atoms with E-state index >= 15 is 0 Å². The van der Waals surface area contributed by atoms with Crippen LogP contribution in [0.25, 0.3) is 0 Å². The number of halogens is 1. The maximum Gasteiger partial charge on any atom is 0.124 e. The van der Waals surface area contributed by atoms with Crippen LogP contribution in [0.4, 0.5) is 5.69 Å². The average molecular weight is 319 g/mol. The van der Waals surface area contributed by atoms with Gasteiger partial charge >= 0.3 is 0 Å². The van der Waals surface area contributed by atoms with Crippen molar-refractivity contribution in [3.8, 4) is 5.75 Å². The Morgan fingerprint density at radius 2 is 2.00 bits per heavy atom. The molecule has 0 aromatic heterocycles. The molecule has 0 spiro atoms. The second-order valence-corrected chi connectivity index (χ2v) is 5.26. The lowest BCUT2D eigenvalue weighted by atomic mass is 10.1. The van der Waals surface area contributed by atoms with Crippen LogP contribution in [0.3, 0.4) is 0 Å². The van der Waals surface area contributed by atoms with Crippen molar-refractivity contribution in [2.24, 2.45) is 5.10 Å². The standard InChI is InChI=1S/C15H15BrN2O/c1-10-4-3-5-13(8-10)18-17-11(2)14-9-12(16)6-7-15(14)19/h3-9,18-19H,1-2H3/b17-11+. The third-order valence-electron chi connectivity index (χ3n) is 2.72. The summed E-state index contributed by atoms with van der Waals surface area (Å²) in [5.41, 5.74) is 6.51. The smallest absolute Gasteiger partial charge is 0.124 e. The van der Waals surface area contributed by atoms with E-state index in [4.69, 9.17) is 0 Å². The molecule has 0 aliphatic carbocycles. The van der Waals surface area contributed by atoms with E-state index in [0.717, 1.165) is 15.9 Å². The van der Waals surface area contributed by atoms with Gasteiger partial charge in [0, 0.05) is 10.0 Å². The first-order valence-corrected chi connectivity index (χ1v) is 6.71. The van der Waals surface area contributed by atoms with E-state index in [1.807, 2.05) is 44.2 Å².